The molecule has 5 nitrogen and oxygen atoms in total. The van der Waals surface area contributed by atoms with Crippen LogP contribution in [0.2, 0.25) is 0 Å². The number of hydrogen-bond donors (Lipinski definition) is 0. The van der Waals surface area contributed by atoms with Crippen molar-refractivity contribution in [3.05, 3.63) is 80.4 Å². The van der Waals surface area contributed by atoms with Crippen LogP contribution in [0.5, 0.6) is 0 Å². The van der Waals surface area contributed by atoms with Crippen LogP contribution in [0, 0.1) is 5.92 Å². The van der Waals surface area contributed by atoms with Gasteiger partial charge in [-0.05, 0) is 61.1 Å². The van der Waals surface area contributed by atoms with E-state index in [1.165, 1.54) is 11.3 Å². The van der Waals surface area contributed by atoms with Gasteiger partial charge < -0.3 is 14.4 Å². The van der Waals surface area contributed by atoms with E-state index in [4.69, 9.17) is 0 Å². The number of carbonyl (C=O) groups excluding carboxylic acids is 1. The third-order valence-electron chi connectivity index (χ3n) is 6.42. The van der Waals surface area contributed by atoms with Crippen molar-refractivity contribution in [2.45, 2.75) is 25.4 Å². The Hall–Kier alpha value is -2.70. The molecule has 31 heavy (non-hydrogen) atoms. The number of fused-ring (bicyclic) bond motifs is 4. The number of carbonyl (C=O) groups is 1. The fourth-order valence-electron chi connectivity index (χ4n) is 5.13. The molecule has 0 radical (unpaired) electrons. The zero-order valence-corrected chi connectivity index (χ0v) is 18.8. The van der Waals surface area contributed by atoms with Crippen molar-refractivity contribution in [3.63, 3.8) is 0 Å². The minimum Gasteiger partial charge on any atom is -0.337 e. The summed E-state index contributed by atoms with van der Waals surface area (Å²) in [7, 11) is 4.09. The Labute approximate surface area is 186 Å². The molecular formula is C25H27N3O2S. The Morgan fingerprint density at radius 3 is 2.65 bits per heavy atom. The van der Waals surface area contributed by atoms with Gasteiger partial charge in [-0.1, -0.05) is 30.3 Å². The lowest BCUT2D eigenvalue weighted by molar-refractivity contribution is 0.0599. The molecule has 2 aliphatic rings. The van der Waals surface area contributed by atoms with Gasteiger partial charge in [-0.2, -0.15) is 0 Å². The normalized spacial score (nSPS) is 20.0. The van der Waals surface area contributed by atoms with E-state index in [0.717, 1.165) is 46.8 Å². The molecule has 1 fully saturated rings. The average molecular weight is 434 g/mol. The maximum Gasteiger partial charge on any atom is 0.263 e. The van der Waals surface area contributed by atoms with Gasteiger partial charge in [0.2, 0.25) is 0 Å². The second-order valence-corrected chi connectivity index (χ2v) is 9.92. The minimum absolute atomic E-state index is 0.0939. The Morgan fingerprint density at radius 1 is 1.03 bits per heavy atom. The molecule has 0 saturated carbocycles. The molecule has 0 aliphatic carbocycles. The number of hydrogen-bond acceptors (Lipinski definition) is 4. The molecule has 160 valence electrons. The zero-order chi connectivity index (χ0) is 21.5. The molecule has 5 rings (SSSR count). The lowest BCUT2D eigenvalue weighted by Crippen LogP contribution is -2.49. The molecule has 1 aromatic carbocycles. The van der Waals surface area contributed by atoms with E-state index >= 15 is 0 Å². The third kappa shape index (κ3) is 3.75. The van der Waals surface area contributed by atoms with Gasteiger partial charge >= 0.3 is 0 Å². The lowest BCUT2D eigenvalue weighted by Gasteiger charge is -2.42. The molecule has 2 bridgehead atoms. The highest BCUT2D eigenvalue weighted by molar-refractivity contribution is 7.12. The van der Waals surface area contributed by atoms with Gasteiger partial charge in [-0.3, -0.25) is 9.59 Å². The lowest BCUT2D eigenvalue weighted by atomic mass is 9.82. The van der Waals surface area contributed by atoms with E-state index in [1.807, 2.05) is 65.3 Å². The number of aromatic nitrogens is 1. The second kappa shape index (κ2) is 8.09. The van der Waals surface area contributed by atoms with Crippen LogP contribution in [0.3, 0.4) is 0 Å². The summed E-state index contributed by atoms with van der Waals surface area (Å²) in [6.45, 7) is 2.88. The van der Waals surface area contributed by atoms with Crippen molar-refractivity contribution in [3.8, 4) is 11.1 Å². The zero-order valence-electron chi connectivity index (χ0n) is 18.0. The molecule has 1 saturated heterocycles. The van der Waals surface area contributed by atoms with Gasteiger partial charge in [-0.15, -0.1) is 11.3 Å². The monoisotopic (exact) mass is 433 g/mol. The standard InChI is InChI=1S/C25H27N3O2S/c1-26(2)15-18-6-3-4-7-20(18)21-9-10-22-19-12-17(14-28(22)24(21)29)13-27(16-19)25(30)23-8-5-11-31-23/h3-11,17,19H,12-16H2,1-2H3/t17-,19+/m0/s1. The SMILES string of the molecule is CN(C)Cc1ccccc1-c1ccc2n(c1=O)C[C@H]1C[C@@H]2CN(C(=O)c2cccs2)C1. The van der Waals surface area contributed by atoms with Crippen molar-refractivity contribution in [2.24, 2.45) is 5.92 Å². The molecule has 4 heterocycles. The first-order valence-electron chi connectivity index (χ1n) is 10.8. The number of amides is 1. The first-order valence-corrected chi connectivity index (χ1v) is 11.7. The molecule has 2 aliphatic heterocycles. The number of pyridine rings is 1. The van der Waals surface area contributed by atoms with E-state index in [0.29, 0.717) is 19.0 Å². The van der Waals surface area contributed by atoms with Gasteiger partial charge in [0.1, 0.15) is 0 Å². The summed E-state index contributed by atoms with van der Waals surface area (Å²) < 4.78 is 1.98. The van der Waals surface area contributed by atoms with Crippen molar-refractivity contribution in [1.82, 2.24) is 14.4 Å². The van der Waals surface area contributed by atoms with E-state index in [-0.39, 0.29) is 17.4 Å². The first-order chi connectivity index (χ1) is 15.0. The van der Waals surface area contributed by atoms with Crippen LogP contribution in [0.25, 0.3) is 11.1 Å². The topological polar surface area (TPSA) is 45.6 Å². The van der Waals surface area contributed by atoms with E-state index in [2.05, 4.69) is 17.0 Å². The number of benzene rings is 1. The summed E-state index contributed by atoms with van der Waals surface area (Å²) in [6.07, 6.45) is 1.05. The summed E-state index contributed by atoms with van der Waals surface area (Å²) in [4.78, 5) is 31.4. The molecular weight excluding hydrogens is 406 g/mol. The van der Waals surface area contributed by atoms with E-state index in [1.54, 1.807) is 0 Å². The molecule has 2 aromatic heterocycles. The summed E-state index contributed by atoms with van der Waals surface area (Å²) in [6, 6.07) is 16.1. The predicted octanol–water partition coefficient (Wildman–Crippen LogP) is 3.90. The number of nitrogens with zero attached hydrogens (tertiary/aromatic N) is 3. The Balaban J connectivity index is 1.48. The van der Waals surface area contributed by atoms with Gasteiger partial charge in [0.05, 0.1) is 4.88 Å². The number of rotatable bonds is 4. The molecule has 2 atom stereocenters. The summed E-state index contributed by atoms with van der Waals surface area (Å²) in [5, 5.41) is 1.95. The predicted molar refractivity (Wildman–Crippen MR) is 125 cm³/mol. The van der Waals surface area contributed by atoms with E-state index < -0.39 is 0 Å². The van der Waals surface area contributed by atoms with Crippen LogP contribution in [0.4, 0.5) is 0 Å². The highest BCUT2D eigenvalue weighted by atomic mass is 32.1. The Bertz CT molecular complexity index is 1170. The van der Waals surface area contributed by atoms with Crippen LogP contribution in [0.15, 0.2) is 58.7 Å². The number of thiophene rings is 1. The van der Waals surface area contributed by atoms with Crippen LogP contribution in [0.1, 0.15) is 33.3 Å². The maximum absolute atomic E-state index is 13.6. The second-order valence-electron chi connectivity index (χ2n) is 8.97. The molecule has 6 heteroatoms. The fourth-order valence-corrected chi connectivity index (χ4v) is 5.83. The van der Waals surface area contributed by atoms with Crippen molar-refractivity contribution < 1.29 is 4.79 Å². The molecule has 0 unspecified atom stereocenters. The van der Waals surface area contributed by atoms with E-state index in [9.17, 15) is 9.59 Å². The van der Waals surface area contributed by atoms with Crippen molar-refractivity contribution >= 4 is 17.2 Å². The number of likely N-dealkylation sites (tertiary alicyclic amines) is 1. The average Bonchev–Trinajstić information content (AvgIpc) is 3.29. The Morgan fingerprint density at radius 2 is 1.87 bits per heavy atom. The van der Waals surface area contributed by atoms with Crippen LogP contribution in [-0.4, -0.2) is 47.5 Å². The largest absolute Gasteiger partial charge is 0.337 e. The number of piperidine rings is 1. The molecule has 0 N–H and O–H groups in total. The summed E-state index contributed by atoms with van der Waals surface area (Å²) in [5.74, 6) is 0.657. The van der Waals surface area contributed by atoms with Crippen LogP contribution >= 0.6 is 11.3 Å². The van der Waals surface area contributed by atoms with Gasteiger partial charge in [0, 0.05) is 43.4 Å². The van der Waals surface area contributed by atoms with Gasteiger partial charge in [0.25, 0.3) is 11.5 Å². The summed E-state index contributed by atoms with van der Waals surface area (Å²) in [5.41, 5.74) is 4.11. The van der Waals surface area contributed by atoms with Crippen LogP contribution < -0.4 is 5.56 Å². The minimum atomic E-state index is 0.0939. The smallest absolute Gasteiger partial charge is 0.263 e. The maximum atomic E-state index is 13.6. The van der Waals surface area contributed by atoms with Gasteiger partial charge in [-0.25, -0.2) is 0 Å². The quantitative estimate of drug-likeness (QED) is 0.627. The van der Waals surface area contributed by atoms with Crippen LogP contribution in [-0.2, 0) is 13.1 Å². The first kappa shape index (κ1) is 20.2. The molecule has 0 spiro atoms. The highest BCUT2D eigenvalue weighted by Gasteiger charge is 2.37. The molecule has 3 aromatic rings. The highest BCUT2D eigenvalue weighted by Crippen LogP contribution is 2.36. The fraction of sp³-hybridized carbons (Fsp3) is 0.360. The summed E-state index contributed by atoms with van der Waals surface area (Å²) >= 11 is 1.50. The van der Waals surface area contributed by atoms with Gasteiger partial charge in [0.15, 0.2) is 0 Å². The van der Waals surface area contributed by atoms with Crippen molar-refractivity contribution in [1.29, 1.82) is 0 Å². The molecule has 1 amide bonds. The Kier molecular flexibility index (Phi) is 5.28. The third-order valence-corrected chi connectivity index (χ3v) is 7.28. The van der Waals surface area contributed by atoms with Crippen molar-refractivity contribution in [2.75, 3.05) is 27.2 Å².